The van der Waals surface area contributed by atoms with E-state index in [1.165, 1.54) is 6.07 Å². The third kappa shape index (κ3) is 3.16. The van der Waals surface area contributed by atoms with Gasteiger partial charge >= 0.3 is 0 Å². The summed E-state index contributed by atoms with van der Waals surface area (Å²) in [6.07, 6.45) is 0. The molecule has 0 radical (unpaired) electrons. The second-order valence-electron chi connectivity index (χ2n) is 3.70. The highest BCUT2D eigenvalue weighted by molar-refractivity contribution is 9.10. The number of hydrogen-bond donors (Lipinski definition) is 1. The van der Waals surface area contributed by atoms with Crippen LogP contribution in [0.3, 0.4) is 0 Å². The molecule has 94 valence electrons. The van der Waals surface area contributed by atoms with Crippen molar-refractivity contribution in [2.24, 2.45) is 0 Å². The Hall–Kier alpha value is -0.770. The van der Waals surface area contributed by atoms with Crippen molar-refractivity contribution in [1.29, 1.82) is 0 Å². The molecule has 1 N–H and O–H groups in total. The molecule has 0 aromatic heterocycles. The summed E-state index contributed by atoms with van der Waals surface area (Å²) >= 11 is 15.1. The Morgan fingerprint density at radius 2 is 1.94 bits per heavy atom. The number of nitrogens with one attached hydrogen (secondary N) is 1. The molecular formula is C13H9BrCl2FN. The molecule has 0 saturated heterocycles. The van der Waals surface area contributed by atoms with Gasteiger partial charge in [-0.1, -0.05) is 35.3 Å². The zero-order valence-corrected chi connectivity index (χ0v) is 12.3. The summed E-state index contributed by atoms with van der Waals surface area (Å²) in [5.74, 6) is -0.290. The van der Waals surface area contributed by atoms with Crippen molar-refractivity contribution in [2.75, 3.05) is 5.32 Å². The summed E-state index contributed by atoms with van der Waals surface area (Å²) in [6.45, 7) is 0.525. The summed E-state index contributed by atoms with van der Waals surface area (Å²) in [6, 6.07) is 10.2. The lowest BCUT2D eigenvalue weighted by Crippen LogP contribution is -2.00. The quantitative estimate of drug-likeness (QED) is 0.771. The normalized spacial score (nSPS) is 10.4. The highest BCUT2D eigenvalue weighted by atomic mass is 79.9. The minimum atomic E-state index is -0.290. The van der Waals surface area contributed by atoms with Crippen LogP contribution in [0, 0.1) is 5.82 Å². The van der Waals surface area contributed by atoms with Gasteiger partial charge in [0, 0.05) is 12.2 Å². The lowest BCUT2D eigenvalue weighted by Gasteiger charge is -2.09. The Bertz CT molecular complexity index is 575. The molecule has 0 saturated carbocycles. The smallest absolute Gasteiger partial charge is 0.137 e. The van der Waals surface area contributed by atoms with Crippen molar-refractivity contribution < 1.29 is 4.39 Å². The van der Waals surface area contributed by atoms with Gasteiger partial charge in [0.15, 0.2) is 0 Å². The van der Waals surface area contributed by atoms with Gasteiger partial charge in [-0.2, -0.15) is 0 Å². The molecular weight excluding hydrogens is 340 g/mol. The summed E-state index contributed by atoms with van der Waals surface area (Å²) in [4.78, 5) is 0. The van der Waals surface area contributed by atoms with Crippen LogP contribution in [0.2, 0.25) is 10.0 Å². The fraction of sp³-hybridized carbons (Fsp3) is 0.0769. The van der Waals surface area contributed by atoms with Crippen LogP contribution in [0.5, 0.6) is 0 Å². The van der Waals surface area contributed by atoms with Gasteiger partial charge in [0.25, 0.3) is 0 Å². The Labute approximate surface area is 123 Å². The molecule has 2 aromatic carbocycles. The first-order valence-electron chi connectivity index (χ1n) is 5.20. The van der Waals surface area contributed by atoms with E-state index in [2.05, 4.69) is 21.2 Å². The van der Waals surface area contributed by atoms with Crippen LogP contribution in [0.4, 0.5) is 10.1 Å². The van der Waals surface area contributed by atoms with Crippen LogP contribution in [0.1, 0.15) is 5.56 Å². The predicted octanol–water partition coefficient (Wildman–Crippen LogP) is 5.51. The summed E-state index contributed by atoms with van der Waals surface area (Å²) in [7, 11) is 0. The number of hydrogen-bond acceptors (Lipinski definition) is 1. The molecule has 0 aliphatic rings. The molecule has 0 heterocycles. The van der Waals surface area contributed by atoms with Crippen LogP contribution in [-0.2, 0) is 6.54 Å². The second kappa shape index (κ2) is 5.91. The average Bonchev–Trinajstić information content (AvgIpc) is 2.35. The van der Waals surface area contributed by atoms with E-state index in [1.807, 2.05) is 12.1 Å². The van der Waals surface area contributed by atoms with E-state index >= 15 is 0 Å². The maximum atomic E-state index is 13.1. The van der Waals surface area contributed by atoms with Gasteiger partial charge in [0.2, 0.25) is 0 Å². The van der Waals surface area contributed by atoms with Gasteiger partial charge in [-0.15, -0.1) is 0 Å². The topological polar surface area (TPSA) is 12.0 Å². The molecule has 0 amide bonds. The molecule has 2 rings (SSSR count). The van der Waals surface area contributed by atoms with E-state index in [-0.39, 0.29) is 5.82 Å². The number of halogens is 4. The van der Waals surface area contributed by atoms with E-state index in [0.29, 0.717) is 21.1 Å². The second-order valence-corrected chi connectivity index (χ2v) is 5.33. The van der Waals surface area contributed by atoms with Gasteiger partial charge in [-0.05, 0) is 45.8 Å². The average molecular weight is 349 g/mol. The molecule has 2 aromatic rings. The molecule has 1 nitrogen and oxygen atoms in total. The van der Waals surface area contributed by atoms with E-state index < -0.39 is 0 Å². The lowest BCUT2D eigenvalue weighted by molar-refractivity contribution is 0.621. The Morgan fingerprint density at radius 3 is 2.67 bits per heavy atom. The van der Waals surface area contributed by atoms with Crippen molar-refractivity contribution in [1.82, 2.24) is 0 Å². The summed E-state index contributed by atoms with van der Waals surface area (Å²) in [5.41, 5.74) is 1.70. The van der Waals surface area contributed by atoms with E-state index in [1.54, 1.807) is 18.2 Å². The third-order valence-electron chi connectivity index (χ3n) is 2.43. The SMILES string of the molecule is Fc1ccc(NCc2cccc(Cl)c2Cl)cc1Br. The molecule has 0 fully saturated rings. The largest absolute Gasteiger partial charge is 0.381 e. The van der Waals surface area contributed by atoms with Crippen LogP contribution >= 0.6 is 39.1 Å². The van der Waals surface area contributed by atoms with Gasteiger partial charge in [-0.3, -0.25) is 0 Å². The van der Waals surface area contributed by atoms with Crippen LogP contribution in [0.25, 0.3) is 0 Å². The highest BCUT2D eigenvalue weighted by Crippen LogP contribution is 2.26. The standard InChI is InChI=1S/C13H9BrCl2FN/c14-10-6-9(4-5-12(10)17)18-7-8-2-1-3-11(15)13(8)16/h1-6,18H,7H2. The fourth-order valence-electron chi connectivity index (χ4n) is 1.49. The summed E-state index contributed by atoms with van der Waals surface area (Å²) in [5, 5.41) is 4.22. The van der Waals surface area contributed by atoms with Crippen LogP contribution < -0.4 is 5.32 Å². The zero-order chi connectivity index (χ0) is 13.1. The van der Waals surface area contributed by atoms with Crippen LogP contribution in [-0.4, -0.2) is 0 Å². The minimum absolute atomic E-state index is 0.290. The first kappa shape index (κ1) is 13.7. The van der Waals surface area contributed by atoms with Crippen molar-refractivity contribution in [3.8, 4) is 0 Å². The first-order chi connectivity index (χ1) is 8.58. The lowest BCUT2D eigenvalue weighted by atomic mass is 10.2. The minimum Gasteiger partial charge on any atom is -0.381 e. The maximum Gasteiger partial charge on any atom is 0.137 e. The van der Waals surface area contributed by atoms with E-state index in [0.717, 1.165) is 11.3 Å². The number of benzene rings is 2. The molecule has 0 aliphatic carbocycles. The highest BCUT2D eigenvalue weighted by Gasteiger charge is 2.05. The van der Waals surface area contributed by atoms with Gasteiger partial charge in [0.05, 0.1) is 14.5 Å². The molecule has 5 heteroatoms. The Balaban J connectivity index is 2.11. The monoisotopic (exact) mass is 347 g/mol. The molecule has 0 spiro atoms. The van der Waals surface area contributed by atoms with Crippen molar-refractivity contribution in [3.05, 3.63) is 62.3 Å². The van der Waals surface area contributed by atoms with Gasteiger partial charge < -0.3 is 5.32 Å². The molecule has 18 heavy (non-hydrogen) atoms. The molecule has 0 bridgehead atoms. The van der Waals surface area contributed by atoms with Gasteiger partial charge in [-0.25, -0.2) is 4.39 Å². The molecule has 0 atom stereocenters. The van der Waals surface area contributed by atoms with Gasteiger partial charge in [0.1, 0.15) is 5.82 Å². The predicted molar refractivity (Wildman–Crippen MR) is 77.9 cm³/mol. The zero-order valence-electron chi connectivity index (χ0n) is 9.18. The van der Waals surface area contributed by atoms with Crippen molar-refractivity contribution >= 4 is 44.8 Å². The molecule has 0 unspecified atom stereocenters. The van der Waals surface area contributed by atoms with E-state index in [4.69, 9.17) is 23.2 Å². The first-order valence-corrected chi connectivity index (χ1v) is 6.74. The van der Waals surface area contributed by atoms with Crippen molar-refractivity contribution in [3.63, 3.8) is 0 Å². The summed E-state index contributed by atoms with van der Waals surface area (Å²) < 4.78 is 13.5. The Kier molecular flexibility index (Phi) is 4.49. The third-order valence-corrected chi connectivity index (χ3v) is 3.90. The fourth-order valence-corrected chi connectivity index (χ4v) is 2.25. The van der Waals surface area contributed by atoms with Crippen LogP contribution in [0.15, 0.2) is 40.9 Å². The van der Waals surface area contributed by atoms with E-state index in [9.17, 15) is 4.39 Å². The number of rotatable bonds is 3. The molecule has 0 aliphatic heterocycles. The number of anilines is 1. The van der Waals surface area contributed by atoms with Crippen molar-refractivity contribution in [2.45, 2.75) is 6.54 Å². The Morgan fingerprint density at radius 1 is 1.17 bits per heavy atom. The maximum absolute atomic E-state index is 13.1.